The molecule has 2 aliphatic rings. The van der Waals surface area contributed by atoms with Crippen LogP contribution in [0.3, 0.4) is 0 Å². The number of methoxy groups -OCH3 is 1. The van der Waals surface area contributed by atoms with E-state index in [-0.39, 0.29) is 9.52 Å². The number of allylic oxidation sites excluding steroid dienone is 1. The molecule has 0 spiro atoms. The summed E-state index contributed by atoms with van der Waals surface area (Å²) < 4.78 is 5.44. The van der Waals surface area contributed by atoms with Crippen molar-refractivity contribution < 1.29 is 4.74 Å². The summed E-state index contributed by atoms with van der Waals surface area (Å²) in [5, 5.41) is 0.658. The molecule has 2 bridgehead atoms. The Morgan fingerprint density at radius 3 is 2.82 bits per heavy atom. The molecule has 2 aliphatic carbocycles. The molecule has 0 saturated heterocycles. The van der Waals surface area contributed by atoms with E-state index in [0.717, 1.165) is 5.92 Å². The fourth-order valence-corrected chi connectivity index (χ4v) is 4.12. The highest BCUT2D eigenvalue weighted by Gasteiger charge is 2.45. The number of ether oxygens (including phenoxy) is 1. The number of hydrogen-bond acceptors (Lipinski definition) is 1. The van der Waals surface area contributed by atoms with Crippen LogP contribution in [0.4, 0.5) is 0 Å². The molecule has 0 N–H and O–H groups in total. The number of fused-ring (bicyclic) bond motifs is 2. The van der Waals surface area contributed by atoms with Gasteiger partial charge in [-0.15, -0.1) is 0 Å². The highest BCUT2D eigenvalue weighted by atomic mass is 28.2. The molecule has 2 heteroatoms. The summed E-state index contributed by atoms with van der Waals surface area (Å²) in [6.07, 6.45) is 8.11. The van der Waals surface area contributed by atoms with E-state index in [4.69, 9.17) is 4.74 Å². The largest absolute Gasteiger partial charge is 0.381 e. The maximum atomic E-state index is 5.44. The van der Waals surface area contributed by atoms with Crippen LogP contribution < -0.4 is 0 Å². The van der Waals surface area contributed by atoms with Gasteiger partial charge in [-0.25, -0.2) is 0 Å². The van der Waals surface area contributed by atoms with Gasteiger partial charge in [0.2, 0.25) is 0 Å². The molecule has 3 atom stereocenters. The first-order valence-electron chi connectivity index (χ1n) is 4.52. The molecule has 2 rings (SSSR count). The van der Waals surface area contributed by atoms with Crippen molar-refractivity contribution in [2.24, 2.45) is 5.92 Å². The topological polar surface area (TPSA) is 9.23 Å². The lowest BCUT2D eigenvalue weighted by Gasteiger charge is -2.23. The lowest BCUT2D eigenvalue weighted by atomic mass is 10.0. The van der Waals surface area contributed by atoms with Crippen LogP contribution in [0.5, 0.6) is 0 Å². The van der Waals surface area contributed by atoms with Crippen molar-refractivity contribution in [3.05, 3.63) is 12.2 Å². The molecule has 1 nitrogen and oxygen atoms in total. The molecule has 62 valence electrons. The monoisotopic (exact) mass is 168 g/mol. The number of hydrogen-bond donors (Lipinski definition) is 0. The Morgan fingerprint density at radius 2 is 2.36 bits per heavy atom. The zero-order chi connectivity index (χ0) is 7.90. The molecule has 1 fully saturated rings. The Hall–Kier alpha value is -0.0831. The molecule has 0 amide bonds. The highest BCUT2D eigenvalue weighted by Crippen LogP contribution is 2.54. The second-order valence-electron chi connectivity index (χ2n) is 3.92. The van der Waals surface area contributed by atoms with E-state index in [2.05, 4.69) is 18.7 Å². The molecular weight excluding hydrogens is 152 g/mol. The van der Waals surface area contributed by atoms with Crippen LogP contribution in [0.2, 0.25) is 11.6 Å². The molecule has 0 aromatic rings. The molecule has 11 heavy (non-hydrogen) atoms. The molecule has 0 aromatic carbocycles. The maximum absolute atomic E-state index is 5.44. The van der Waals surface area contributed by atoms with E-state index in [1.807, 2.05) is 7.11 Å². The molecule has 3 unspecified atom stereocenters. The molecule has 0 aliphatic heterocycles. The zero-order valence-corrected chi connectivity index (χ0v) is 8.75. The van der Waals surface area contributed by atoms with Gasteiger partial charge in [0.15, 0.2) is 0 Å². The summed E-state index contributed by atoms with van der Waals surface area (Å²) >= 11 is 0. The average molecular weight is 168 g/mol. The lowest BCUT2D eigenvalue weighted by molar-refractivity contribution is 0.0829. The fourth-order valence-electron chi connectivity index (χ4n) is 2.56. The zero-order valence-electron chi connectivity index (χ0n) is 7.34. The van der Waals surface area contributed by atoms with Gasteiger partial charge in [-0.3, -0.25) is 0 Å². The summed E-state index contributed by atoms with van der Waals surface area (Å²) in [6, 6.07) is 0. The average Bonchev–Trinajstić information content (AvgIpc) is 2.61. The van der Waals surface area contributed by atoms with Crippen molar-refractivity contribution in [1.82, 2.24) is 0 Å². The normalized spacial score (nSPS) is 48.2. The quantitative estimate of drug-likeness (QED) is 0.447. The smallest absolute Gasteiger partial charge is 0.0639 e. The minimum absolute atomic E-state index is 0.117. The van der Waals surface area contributed by atoms with Crippen LogP contribution in [0.1, 0.15) is 12.8 Å². The second-order valence-corrected chi connectivity index (χ2v) is 6.04. The van der Waals surface area contributed by atoms with Crippen LogP contribution in [0, 0.1) is 5.92 Å². The first-order chi connectivity index (χ1) is 5.29. The van der Waals surface area contributed by atoms with E-state index in [1.165, 1.54) is 12.8 Å². The van der Waals surface area contributed by atoms with Gasteiger partial charge in [0.1, 0.15) is 0 Å². The van der Waals surface area contributed by atoms with E-state index >= 15 is 0 Å². The second kappa shape index (κ2) is 2.46. The van der Waals surface area contributed by atoms with E-state index < -0.39 is 0 Å². The van der Waals surface area contributed by atoms with Gasteiger partial charge in [0, 0.05) is 22.5 Å². The van der Waals surface area contributed by atoms with Gasteiger partial charge in [-0.05, 0) is 17.9 Å². The standard InChI is InChI=1S/C9H16OSi/c1-10-8-6-9(11-2)4-3-7(8)5-9/h3-4,7-8H,5-6,11H2,1-2H3. The molecular formula is C9H16OSi. The van der Waals surface area contributed by atoms with Crippen LogP contribution in [-0.4, -0.2) is 22.7 Å². The Balaban J connectivity index is 2.16. The third-order valence-electron chi connectivity index (χ3n) is 3.43. The third-order valence-corrected chi connectivity index (χ3v) is 5.65. The predicted octanol–water partition coefficient (Wildman–Crippen LogP) is 1.36. The van der Waals surface area contributed by atoms with E-state index in [0.29, 0.717) is 11.1 Å². The number of rotatable bonds is 2. The Labute approximate surface area is 70.6 Å². The van der Waals surface area contributed by atoms with E-state index in [1.54, 1.807) is 0 Å². The summed E-state index contributed by atoms with van der Waals surface area (Å²) in [6.45, 7) is 2.42. The maximum Gasteiger partial charge on any atom is 0.0639 e. The molecule has 0 aromatic heterocycles. The van der Waals surface area contributed by atoms with E-state index in [9.17, 15) is 0 Å². The first kappa shape index (κ1) is 7.56. The molecule has 1 saturated carbocycles. The Kier molecular flexibility index (Phi) is 1.69. The summed E-state index contributed by atoms with van der Waals surface area (Å²) in [5.74, 6) is 0.757. The van der Waals surface area contributed by atoms with Crippen molar-refractivity contribution in [3.8, 4) is 0 Å². The first-order valence-corrected chi connectivity index (χ1v) is 6.64. The van der Waals surface area contributed by atoms with Crippen molar-refractivity contribution in [1.29, 1.82) is 0 Å². The molecule has 0 radical (unpaired) electrons. The van der Waals surface area contributed by atoms with Gasteiger partial charge >= 0.3 is 0 Å². The molecule has 0 heterocycles. The third kappa shape index (κ3) is 1.00. The predicted molar refractivity (Wildman–Crippen MR) is 49.8 cm³/mol. The van der Waals surface area contributed by atoms with Crippen molar-refractivity contribution in [3.63, 3.8) is 0 Å². The van der Waals surface area contributed by atoms with Gasteiger partial charge in [-0.1, -0.05) is 18.7 Å². The lowest BCUT2D eigenvalue weighted by Crippen LogP contribution is -2.18. The van der Waals surface area contributed by atoms with Gasteiger partial charge in [0.05, 0.1) is 6.10 Å². The summed E-state index contributed by atoms with van der Waals surface area (Å²) in [5.41, 5.74) is 0. The fraction of sp³-hybridized carbons (Fsp3) is 0.778. The van der Waals surface area contributed by atoms with Crippen LogP contribution in [0.15, 0.2) is 12.2 Å². The minimum Gasteiger partial charge on any atom is -0.381 e. The summed E-state index contributed by atoms with van der Waals surface area (Å²) in [4.78, 5) is 0. The van der Waals surface area contributed by atoms with Crippen molar-refractivity contribution in [2.45, 2.75) is 30.5 Å². The Morgan fingerprint density at radius 1 is 1.55 bits per heavy atom. The van der Waals surface area contributed by atoms with Crippen LogP contribution in [-0.2, 0) is 4.74 Å². The van der Waals surface area contributed by atoms with Gasteiger partial charge in [0.25, 0.3) is 0 Å². The summed E-state index contributed by atoms with van der Waals surface area (Å²) in [7, 11) is 1.97. The van der Waals surface area contributed by atoms with Crippen molar-refractivity contribution in [2.75, 3.05) is 7.11 Å². The van der Waals surface area contributed by atoms with Crippen LogP contribution in [0.25, 0.3) is 0 Å². The SMILES string of the molecule is COC1CC2([SiH2]C)C=CC1C2. The van der Waals surface area contributed by atoms with Gasteiger partial charge < -0.3 is 4.74 Å². The highest BCUT2D eigenvalue weighted by molar-refractivity contribution is 6.39. The van der Waals surface area contributed by atoms with Gasteiger partial charge in [-0.2, -0.15) is 0 Å². The van der Waals surface area contributed by atoms with Crippen LogP contribution >= 0.6 is 0 Å². The Bertz CT molecular complexity index is 190. The minimum atomic E-state index is 0.117. The van der Waals surface area contributed by atoms with Crippen molar-refractivity contribution >= 4 is 9.52 Å².